The van der Waals surface area contributed by atoms with Crippen LogP contribution in [0.15, 0.2) is 53.4 Å². The SMILES string of the molecule is CCC(C)(C)NC(=O)CN(c1cccc(Cl)c1)S(=O)(=O)c1ccc(OC)cc1. The van der Waals surface area contributed by atoms with E-state index in [2.05, 4.69) is 5.32 Å². The molecule has 0 aliphatic rings. The third kappa shape index (κ3) is 5.39. The van der Waals surface area contributed by atoms with Crippen molar-refractivity contribution in [1.29, 1.82) is 0 Å². The third-order valence-electron chi connectivity index (χ3n) is 4.39. The van der Waals surface area contributed by atoms with Crippen LogP contribution in [-0.2, 0) is 14.8 Å². The number of amides is 1. The number of hydrogen-bond acceptors (Lipinski definition) is 4. The van der Waals surface area contributed by atoms with Gasteiger partial charge in [0.15, 0.2) is 0 Å². The van der Waals surface area contributed by atoms with Crippen LogP contribution in [0.25, 0.3) is 0 Å². The normalized spacial score (nSPS) is 11.8. The monoisotopic (exact) mass is 424 g/mol. The van der Waals surface area contributed by atoms with Crippen LogP contribution in [0.1, 0.15) is 27.2 Å². The van der Waals surface area contributed by atoms with E-state index in [0.717, 1.165) is 4.31 Å². The maximum Gasteiger partial charge on any atom is 0.264 e. The molecule has 1 N–H and O–H groups in total. The minimum absolute atomic E-state index is 0.0517. The van der Waals surface area contributed by atoms with Crippen LogP contribution in [-0.4, -0.2) is 33.5 Å². The standard InChI is InChI=1S/C20H25ClN2O4S/c1-5-20(2,3)22-19(24)14-23(16-8-6-7-15(21)13-16)28(25,26)18-11-9-17(27-4)10-12-18/h6-13H,5,14H2,1-4H3,(H,22,24). The van der Waals surface area contributed by atoms with Crippen molar-refractivity contribution in [3.05, 3.63) is 53.6 Å². The van der Waals surface area contributed by atoms with Crippen molar-refractivity contribution in [2.45, 2.75) is 37.6 Å². The van der Waals surface area contributed by atoms with E-state index >= 15 is 0 Å². The van der Waals surface area contributed by atoms with Gasteiger partial charge in [-0.05, 0) is 62.7 Å². The highest BCUT2D eigenvalue weighted by Crippen LogP contribution is 2.27. The molecule has 2 aromatic carbocycles. The Morgan fingerprint density at radius 2 is 1.82 bits per heavy atom. The highest BCUT2D eigenvalue weighted by molar-refractivity contribution is 7.92. The Bertz CT molecular complexity index is 927. The summed E-state index contributed by atoms with van der Waals surface area (Å²) in [6, 6.07) is 12.4. The van der Waals surface area contributed by atoms with Gasteiger partial charge in [0.1, 0.15) is 12.3 Å². The number of sulfonamides is 1. The first kappa shape index (κ1) is 22.0. The molecule has 0 aliphatic carbocycles. The Hall–Kier alpha value is -2.25. The van der Waals surface area contributed by atoms with Gasteiger partial charge in [0.05, 0.1) is 17.7 Å². The molecule has 0 aromatic heterocycles. The molecular formula is C20H25ClN2O4S. The highest BCUT2D eigenvalue weighted by atomic mass is 35.5. The molecular weight excluding hydrogens is 400 g/mol. The molecule has 0 spiro atoms. The second kappa shape index (κ2) is 8.84. The van der Waals surface area contributed by atoms with Gasteiger partial charge >= 0.3 is 0 Å². The molecule has 0 aliphatic heterocycles. The fraction of sp³-hybridized carbons (Fsp3) is 0.350. The van der Waals surface area contributed by atoms with Crippen molar-refractivity contribution in [1.82, 2.24) is 5.32 Å². The van der Waals surface area contributed by atoms with Gasteiger partial charge in [0.25, 0.3) is 10.0 Å². The number of halogens is 1. The van der Waals surface area contributed by atoms with Crippen molar-refractivity contribution in [2.24, 2.45) is 0 Å². The van der Waals surface area contributed by atoms with Gasteiger partial charge in [-0.1, -0.05) is 24.6 Å². The van der Waals surface area contributed by atoms with Crippen molar-refractivity contribution >= 4 is 33.2 Å². The lowest BCUT2D eigenvalue weighted by atomic mass is 10.0. The number of rotatable bonds is 8. The molecule has 28 heavy (non-hydrogen) atoms. The lowest BCUT2D eigenvalue weighted by molar-refractivity contribution is -0.121. The van der Waals surface area contributed by atoms with Crippen molar-refractivity contribution < 1.29 is 17.9 Å². The number of carbonyl (C=O) groups is 1. The predicted octanol–water partition coefficient (Wildman–Crippen LogP) is 3.85. The van der Waals surface area contributed by atoms with Crippen molar-refractivity contribution in [3.63, 3.8) is 0 Å². The first-order valence-electron chi connectivity index (χ1n) is 8.82. The van der Waals surface area contributed by atoms with E-state index in [1.807, 2.05) is 20.8 Å². The van der Waals surface area contributed by atoms with E-state index in [0.29, 0.717) is 22.9 Å². The molecule has 6 nitrogen and oxygen atoms in total. The maximum atomic E-state index is 13.3. The van der Waals surface area contributed by atoms with E-state index < -0.39 is 21.5 Å². The zero-order valence-corrected chi connectivity index (χ0v) is 18.0. The summed E-state index contributed by atoms with van der Waals surface area (Å²) in [7, 11) is -2.49. The summed E-state index contributed by atoms with van der Waals surface area (Å²) in [6.45, 7) is 5.35. The van der Waals surface area contributed by atoms with E-state index in [9.17, 15) is 13.2 Å². The molecule has 0 bridgehead atoms. The minimum Gasteiger partial charge on any atom is -0.497 e. The second-order valence-electron chi connectivity index (χ2n) is 6.95. The number of anilines is 1. The minimum atomic E-state index is -3.99. The zero-order chi connectivity index (χ0) is 20.9. The van der Waals surface area contributed by atoms with E-state index in [1.54, 1.807) is 30.3 Å². The quantitative estimate of drug-likeness (QED) is 0.698. The third-order valence-corrected chi connectivity index (χ3v) is 6.42. The Kier molecular flexibility index (Phi) is 6.96. The molecule has 1 amide bonds. The van der Waals surface area contributed by atoms with Crippen LogP contribution in [0.4, 0.5) is 5.69 Å². The molecule has 0 saturated heterocycles. The summed E-state index contributed by atoms with van der Waals surface area (Å²) in [5.74, 6) is 0.139. The fourth-order valence-corrected chi connectivity index (χ4v) is 4.05. The lowest BCUT2D eigenvalue weighted by Crippen LogP contribution is -2.48. The summed E-state index contributed by atoms with van der Waals surface area (Å²) >= 11 is 6.05. The average Bonchev–Trinajstić information content (AvgIpc) is 2.65. The number of methoxy groups -OCH3 is 1. The first-order chi connectivity index (χ1) is 13.1. The zero-order valence-electron chi connectivity index (χ0n) is 16.4. The van der Waals surface area contributed by atoms with Gasteiger partial charge < -0.3 is 10.1 Å². The maximum absolute atomic E-state index is 13.3. The van der Waals surface area contributed by atoms with E-state index in [1.165, 1.54) is 25.3 Å². The lowest BCUT2D eigenvalue weighted by Gasteiger charge is -2.28. The van der Waals surface area contributed by atoms with Gasteiger partial charge in [-0.2, -0.15) is 0 Å². The Morgan fingerprint density at radius 1 is 1.18 bits per heavy atom. The Labute approximate surface area is 171 Å². The van der Waals surface area contributed by atoms with Crippen molar-refractivity contribution in [2.75, 3.05) is 18.0 Å². The van der Waals surface area contributed by atoms with Crippen LogP contribution in [0.5, 0.6) is 5.75 Å². The Balaban J connectivity index is 2.43. The van der Waals surface area contributed by atoms with Gasteiger partial charge in [0.2, 0.25) is 5.91 Å². The molecule has 0 fully saturated rings. The molecule has 8 heteroatoms. The molecule has 0 unspecified atom stereocenters. The first-order valence-corrected chi connectivity index (χ1v) is 10.6. The summed E-state index contributed by atoms with van der Waals surface area (Å²) in [6.07, 6.45) is 0.709. The van der Waals surface area contributed by atoms with Crippen LogP contribution in [0.2, 0.25) is 5.02 Å². The van der Waals surface area contributed by atoms with Gasteiger partial charge in [-0.3, -0.25) is 9.10 Å². The summed E-state index contributed by atoms with van der Waals surface area (Å²) < 4.78 is 32.7. The van der Waals surface area contributed by atoms with Gasteiger partial charge in [-0.25, -0.2) is 8.42 Å². The smallest absolute Gasteiger partial charge is 0.264 e. The summed E-state index contributed by atoms with van der Waals surface area (Å²) in [4.78, 5) is 12.6. The highest BCUT2D eigenvalue weighted by Gasteiger charge is 2.29. The van der Waals surface area contributed by atoms with Crippen molar-refractivity contribution in [3.8, 4) is 5.75 Å². The number of nitrogens with zero attached hydrogens (tertiary/aromatic N) is 1. The average molecular weight is 425 g/mol. The number of benzene rings is 2. The van der Waals surface area contributed by atoms with Crippen LogP contribution in [0, 0.1) is 0 Å². The molecule has 0 atom stereocenters. The fourth-order valence-electron chi connectivity index (χ4n) is 2.46. The number of hydrogen-bond donors (Lipinski definition) is 1. The number of carbonyl (C=O) groups excluding carboxylic acids is 1. The van der Waals surface area contributed by atoms with Crippen LogP contribution in [0.3, 0.4) is 0 Å². The largest absolute Gasteiger partial charge is 0.497 e. The van der Waals surface area contributed by atoms with Gasteiger partial charge in [-0.15, -0.1) is 0 Å². The van der Waals surface area contributed by atoms with E-state index in [4.69, 9.17) is 16.3 Å². The number of nitrogens with one attached hydrogen (secondary N) is 1. The summed E-state index contributed by atoms with van der Waals surface area (Å²) in [5, 5.41) is 3.24. The predicted molar refractivity (Wildman–Crippen MR) is 111 cm³/mol. The molecule has 2 aromatic rings. The molecule has 0 saturated carbocycles. The Morgan fingerprint density at radius 3 is 2.36 bits per heavy atom. The molecule has 0 heterocycles. The molecule has 0 radical (unpaired) electrons. The topological polar surface area (TPSA) is 75.7 Å². The summed E-state index contributed by atoms with van der Waals surface area (Å²) in [5.41, 5.74) is -0.131. The molecule has 2 rings (SSSR count). The number of ether oxygens (including phenoxy) is 1. The van der Waals surface area contributed by atoms with Gasteiger partial charge in [0, 0.05) is 10.6 Å². The van der Waals surface area contributed by atoms with Crippen LogP contribution < -0.4 is 14.4 Å². The second-order valence-corrected chi connectivity index (χ2v) is 9.25. The molecule has 152 valence electrons. The van der Waals surface area contributed by atoms with E-state index in [-0.39, 0.29) is 11.4 Å². The van der Waals surface area contributed by atoms with Crippen LogP contribution >= 0.6 is 11.6 Å².